The molecule has 0 saturated heterocycles. The van der Waals surface area contributed by atoms with E-state index in [-0.39, 0.29) is 0 Å². The number of fused-ring (bicyclic) bond motifs is 6. The third kappa shape index (κ3) is 3.19. The molecule has 0 fully saturated rings. The molecule has 0 spiro atoms. The Kier molecular flexibility index (Phi) is 4.74. The maximum atomic E-state index is 6.76. The van der Waals surface area contributed by atoms with Gasteiger partial charge in [0.2, 0.25) is 0 Å². The van der Waals surface area contributed by atoms with E-state index in [1.165, 1.54) is 48.6 Å². The molecular formula is C33H29NOS. The highest BCUT2D eigenvalue weighted by atomic mass is 32.3. The molecule has 1 aliphatic carbocycles. The second kappa shape index (κ2) is 7.91. The molecule has 4 aromatic carbocycles. The monoisotopic (exact) mass is 487 g/mol. The molecule has 178 valence electrons. The Morgan fingerprint density at radius 1 is 0.694 bits per heavy atom. The van der Waals surface area contributed by atoms with Crippen molar-refractivity contribution in [2.24, 2.45) is 0 Å². The number of hydrogen-bond acceptors (Lipinski definition) is 1. The number of aromatic nitrogens is 1. The van der Waals surface area contributed by atoms with Gasteiger partial charge in [-0.25, -0.2) is 10.0 Å². The predicted molar refractivity (Wildman–Crippen MR) is 158 cm³/mol. The van der Waals surface area contributed by atoms with Gasteiger partial charge in [0, 0.05) is 26.4 Å². The van der Waals surface area contributed by atoms with Crippen LogP contribution in [0.2, 0.25) is 0 Å². The highest BCUT2D eigenvalue weighted by Crippen LogP contribution is 2.50. The van der Waals surface area contributed by atoms with Gasteiger partial charge < -0.3 is 8.98 Å². The van der Waals surface area contributed by atoms with E-state index in [0.29, 0.717) is 0 Å². The summed E-state index contributed by atoms with van der Waals surface area (Å²) in [7, 11) is -0.940. The zero-order chi connectivity index (χ0) is 24.4. The van der Waals surface area contributed by atoms with E-state index >= 15 is 0 Å². The highest BCUT2D eigenvalue weighted by Gasteiger charge is 2.21. The van der Waals surface area contributed by atoms with Gasteiger partial charge in [-0.05, 0) is 73.1 Å². The minimum atomic E-state index is -0.940. The van der Waals surface area contributed by atoms with Crippen molar-refractivity contribution >= 4 is 59.3 Å². The topological polar surface area (TPSA) is 18.1 Å². The summed E-state index contributed by atoms with van der Waals surface area (Å²) < 4.78 is 9.15. The summed E-state index contributed by atoms with van der Waals surface area (Å²) in [5.41, 5.74) is 8.07. The molecule has 0 unspecified atom stereocenters. The van der Waals surface area contributed by atoms with Gasteiger partial charge in [0.25, 0.3) is 0 Å². The van der Waals surface area contributed by atoms with E-state index in [4.69, 9.17) is 4.42 Å². The quantitative estimate of drug-likeness (QED) is 0.243. The molecule has 2 nitrogen and oxygen atoms in total. The van der Waals surface area contributed by atoms with Gasteiger partial charge in [0.05, 0.1) is 16.7 Å². The SMILES string of the molecule is CS(C)(C)c1cccc2c1oc1c(-n3c4ccccc4c4cc(C5=CCCC=C5)ccc43)cccc12. The standard InChI is InChI=1S/C33H29NOS/c1-36(2,3)31-18-10-15-26-25-14-9-17-30(32(25)35-33(26)31)34-28-16-8-7-13-24(28)27-21-23(19-20-29(27)34)22-11-5-4-6-12-22/h5,7-21H,4,6H2,1-3H3. The van der Waals surface area contributed by atoms with Crippen LogP contribution in [0.25, 0.3) is 55.0 Å². The number of allylic oxidation sites excluding steroid dienone is 4. The molecule has 36 heavy (non-hydrogen) atoms. The number of para-hydroxylation sites is 3. The summed E-state index contributed by atoms with van der Waals surface area (Å²) in [6.45, 7) is 0. The van der Waals surface area contributed by atoms with E-state index < -0.39 is 10.0 Å². The summed E-state index contributed by atoms with van der Waals surface area (Å²) in [5, 5.41) is 4.91. The molecule has 0 saturated carbocycles. The number of rotatable bonds is 3. The van der Waals surface area contributed by atoms with Crippen LogP contribution in [0.3, 0.4) is 0 Å². The van der Waals surface area contributed by atoms with Crippen molar-refractivity contribution in [1.82, 2.24) is 4.57 Å². The Morgan fingerprint density at radius 3 is 2.25 bits per heavy atom. The lowest BCUT2D eigenvalue weighted by Gasteiger charge is -2.25. The Labute approximate surface area is 212 Å². The second-order valence-corrected chi connectivity index (χ2v) is 14.6. The molecule has 0 radical (unpaired) electrons. The lowest BCUT2D eigenvalue weighted by atomic mass is 9.98. The van der Waals surface area contributed by atoms with E-state index in [0.717, 1.165) is 29.7 Å². The minimum Gasteiger partial charge on any atom is -0.453 e. The van der Waals surface area contributed by atoms with Crippen molar-refractivity contribution in [2.45, 2.75) is 17.7 Å². The molecule has 0 N–H and O–H groups in total. The number of hydrogen-bond donors (Lipinski definition) is 0. The van der Waals surface area contributed by atoms with Gasteiger partial charge in [-0.2, -0.15) is 0 Å². The third-order valence-corrected chi connectivity index (χ3v) is 9.01. The first-order chi connectivity index (χ1) is 17.5. The Morgan fingerprint density at radius 2 is 1.44 bits per heavy atom. The van der Waals surface area contributed by atoms with Crippen molar-refractivity contribution in [3.05, 3.63) is 103 Å². The lowest BCUT2D eigenvalue weighted by Crippen LogP contribution is -1.94. The summed E-state index contributed by atoms with van der Waals surface area (Å²) in [4.78, 5) is 1.32. The molecule has 3 heteroatoms. The smallest absolute Gasteiger partial charge is 0.159 e. The predicted octanol–water partition coefficient (Wildman–Crippen LogP) is 9.47. The molecule has 1 aliphatic rings. The average Bonchev–Trinajstić information content (AvgIpc) is 3.44. The van der Waals surface area contributed by atoms with Crippen molar-refractivity contribution in [3.8, 4) is 5.69 Å². The van der Waals surface area contributed by atoms with Gasteiger partial charge in [-0.1, -0.05) is 66.8 Å². The van der Waals surface area contributed by atoms with Crippen LogP contribution in [0.15, 0.2) is 106 Å². The number of furan rings is 1. The van der Waals surface area contributed by atoms with Gasteiger partial charge in [0.1, 0.15) is 5.58 Å². The molecule has 0 aliphatic heterocycles. The maximum absolute atomic E-state index is 6.76. The summed E-state index contributed by atoms with van der Waals surface area (Å²) in [6.07, 6.45) is 16.1. The lowest BCUT2D eigenvalue weighted by molar-refractivity contribution is 0.657. The molecular weight excluding hydrogens is 458 g/mol. The first-order valence-corrected chi connectivity index (χ1v) is 15.4. The molecule has 0 amide bonds. The Hall–Kier alpha value is -3.69. The van der Waals surface area contributed by atoms with Crippen molar-refractivity contribution in [3.63, 3.8) is 0 Å². The molecule has 2 heterocycles. The molecule has 6 aromatic rings. The maximum Gasteiger partial charge on any atom is 0.159 e. The van der Waals surface area contributed by atoms with Crippen LogP contribution in [-0.2, 0) is 0 Å². The fourth-order valence-electron chi connectivity index (χ4n) is 5.68. The number of benzene rings is 4. The Balaban J connectivity index is 1.55. The van der Waals surface area contributed by atoms with Crippen LogP contribution in [0.1, 0.15) is 18.4 Å². The van der Waals surface area contributed by atoms with Crippen LogP contribution < -0.4 is 0 Å². The van der Waals surface area contributed by atoms with E-state index in [1.807, 2.05) is 0 Å². The normalized spacial score (nSPS) is 14.8. The van der Waals surface area contributed by atoms with Gasteiger partial charge in [-0.15, -0.1) is 0 Å². The fraction of sp³-hybridized carbons (Fsp3) is 0.152. The molecule has 0 bridgehead atoms. The molecule has 7 rings (SSSR count). The zero-order valence-electron chi connectivity index (χ0n) is 20.9. The fourth-order valence-corrected chi connectivity index (χ4v) is 6.87. The molecule has 2 aromatic heterocycles. The van der Waals surface area contributed by atoms with Crippen LogP contribution >= 0.6 is 10.0 Å². The first kappa shape index (κ1) is 21.6. The summed E-state index contributed by atoms with van der Waals surface area (Å²) in [6, 6.07) is 28.8. The van der Waals surface area contributed by atoms with E-state index in [9.17, 15) is 0 Å². The van der Waals surface area contributed by atoms with Crippen LogP contribution in [0.4, 0.5) is 0 Å². The van der Waals surface area contributed by atoms with E-state index in [1.54, 1.807) is 0 Å². The second-order valence-electron chi connectivity index (χ2n) is 10.4. The molecule has 0 atom stereocenters. The van der Waals surface area contributed by atoms with Crippen LogP contribution in [-0.4, -0.2) is 23.3 Å². The summed E-state index contributed by atoms with van der Waals surface area (Å²) >= 11 is 0. The third-order valence-electron chi connectivity index (χ3n) is 7.37. The van der Waals surface area contributed by atoms with Crippen LogP contribution in [0.5, 0.6) is 0 Å². The minimum absolute atomic E-state index is 0.940. The van der Waals surface area contributed by atoms with Gasteiger partial charge in [0.15, 0.2) is 5.58 Å². The highest BCUT2D eigenvalue weighted by molar-refractivity contribution is 8.32. The van der Waals surface area contributed by atoms with Gasteiger partial charge in [-0.3, -0.25) is 0 Å². The number of nitrogens with zero attached hydrogens (tertiary/aromatic N) is 1. The zero-order valence-corrected chi connectivity index (χ0v) is 21.7. The Bertz CT molecular complexity index is 1870. The first-order valence-electron chi connectivity index (χ1n) is 12.5. The van der Waals surface area contributed by atoms with Gasteiger partial charge >= 0.3 is 0 Å². The van der Waals surface area contributed by atoms with E-state index in [2.05, 4.69) is 120 Å². The summed E-state index contributed by atoms with van der Waals surface area (Å²) in [5.74, 6) is 0. The largest absolute Gasteiger partial charge is 0.453 e. The average molecular weight is 488 g/mol. The van der Waals surface area contributed by atoms with Crippen LogP contribution in [0, 0.1) is 0 Å². The van der Waals surface area contributed by atoms with Crippen molar-refractivity contribution in [1.29, 1.82) is 0 Å². The van der Waals surface area contributed by atoms with Crippen molar-refractivity contribution in [2.75, 3.05) is 18.8 Å². The van der Waals surface area contributed by atoms with Crippen molar-refractivity contribution < 1.29 is 4.42 Å².